The minimum absolute atomic E-state index is 0.475. The summed E-state index contributed by atoms with van der Waals surface area (Å²) < 4.78 is 1.71. The summed E-state index contributed by atoms with van der Waals surface area (Å²) in [7, 11) is 0. The van der Waals surface area contributed by atoms with Crippen LogP contribution in [-0.2, 0) is 5.75 Å². The Bertz CT molecular complexity index is 888. The Morgan fingerprint density at radius 2 is 1.85 bits per heavy atom. The molecule has 0 atom stereocenters. The first-order chi connectivity index (χ1) is 12.5. The zero-order chi connectivity index (χ0) is 18.5. The Hall–Kier alpha value is -2.09. The molecule has 0 saturated carbocycles. The quantitative estimate of drug-likeness (QED) is 0.472. The van der Waals surface area contributed by atoms with Gasteiger partial charge in [0.2, 0.25) is 5.16 Å². The number of rotatable bonds is 5. The van der Waals surface area contributed by atoms with Crippen LogP contribution in [0.5, 0.6) is 0 Å². The molecule has 134 valence electrons. The molecule has 0 saturated heterocycles. The van der Waals surface area contributed by atoms with Crippen LogP contribution in [0.2, 0.25) is 5.02 Å². The van der Waals surface area contributed by atoms with Crippen LogP contribution in [0.15, 0.2) is 53.9 Å². The van der Waals surface area contributed by atoms with Crippen molar-refractivity contribution in [3.05, 3.63) is 70.5 Å². The summed E-state index contributed by atoms with van der Waals surface area (Å²) in [5.41, 5.74) is 7.56. The van der Waals surface area contributed by atoms with Gasteiger partial charge in [0.25, 0.3) is 0 Å². The molecule has 0 aliphatic rings. The van der Waals surface area contributed by atoms with Gasteiger partial charge in [0, 0.05) is 16.5 Å². The SMILES string of the molecule is Cc1cc(C)cc(NC(=S)Nn2cnnc2SCc2ccc(Cl)cc2)c1. The summed E-state index contributed by atoms with van der Waals surface area (Å²) >= 11 is 12.9. The van der Waals surface area contributed by atoms with Gasteiger partial charge in [-0.3, -0.25) is 5.43 Å². The van der Waals surface area contributed by atoms with E-state index in [-0.39, 0.29) is 0 Å². The fourth-order valence-corrected chi connectivity index (χ4v) is 3.61. The van der Waals surface area contributed by atoms with Crippen molar-refractivity contribution in [3.63, 3.8) is 0 Å². The molecule has 0 fully saturated rings. The van der Waals surface area contributed by atoms with Crippen LogP contribution >= 0.6 is 35.6 Å². The van der Waals surface area contributed by atoms with Crippen molar-refractivity contribution in [1.29, 1.82) is 0 Å². The van der Waals surface area contributed by atoms with Gasteiger partial charge in [-0.25, -0.2) is 4.68 Å². The number of nitrogens with one attached hydrogen (secondary N) is 2. The monoisotopic (exact) mass is 403 g/mol. The smallest absolute Gasteiger partial charge is 0.210 e. The fraction of sp³-hybridized carbons (Fsp3) is 0.167. The van der Waals surface area contributed by atoms with Gasteiger partial charge in [-0.15, -0.1) is 10.2 Å². The van der Waals surface area contributed by atoms with Crippen molar-refractivity contribution in [3.8, 4) is 0 Å². The minimum Gasteiger partial charge on any atom is -0.331 e. The molecule has 1 aromatic heterocycles. The molecule has 2 aromatic carbocycles. The third kappa shape index (κ3) is 5.20. The van der Waals surface area contributed by atoms with Crippen LogP contribution in [0, 0.1) is 13.8 Å². The first-order valence-corrected chi connectivity index (χ1v) is 9.70. The van der Waals surface area contributed by atoms with Gasteiger partial charge in [0.1, 0.15) is 6.33 Å². The minimum atomic E-state index is 0.475. The number of thiocarbonyl (C=S) groups is 1. The van der Waals surface area contributed by atoms with E-state index in [1.165, 1.54) is 11.1 Å². The summed E-state index contributed by atoms with van der Waals surface area (Å²) in [6.45, 7) is 4.11. The zero-order valence-corrected chi connectivity index (χ0v) is 16.8. The molecule has 0 aliphatic carbocycles. The van der Waals surface area contributed by atoms with Gasteiger partial charge in [-0.2, -0.15) is 0 Å². The standard InChI is InChI=1S/C18H18ClN5S2/c1-12-7-13(2)9-16(8-12)21-17(25)23-24-11-20-22-18(24)26-10-14-3-5-15(19)6-4-14/h3-9,11H,10H2,1-2H3,(H2,21,23,25). The molecule has 26 heavy (non-hydrogen) atoms. The Morgan fingerprint density at radius 1 is 1.15 bits per heavy atom. The number of halogens is 1. The Labute approximate surface area is 167 Å². The van der Waals surface area contributed by atoms with E-state index in [4.69, 9.17) is 23.8 Å². The fourth-order valence-electron chi connectivity index (χ4n) is 2.44. The molecular formula is C18H18ClN5S2. The van der Waals surface area contributed by atoms with Crippen LogP contribution in [0.1, 0.15) is 16.7 Å². The maximum Gasteiger partial charge on any atom is 0.210 e. The third-order valence-electron chi connectivity index (χ3n) is 3.50. The lowest BCUT2D eigenvalue weighted by atomic mass is 10.1. The molecule has 5 nitrogen and oxygen atoms in total. The average Bonchev–Trinajstić information content (AvgIpc) is 3.00. The molecule has 3 rings (SSSR count). The second kappa shape index (κ2) is 8.53. The van der Waals surface area contributed by atoms with Crippen LogP contribution < -0.4 is 10.7 Å². The Balaban J connectivity index is 1.60. The number of benzene rings is 2. The van der Waals surface area contributed by atoms with E-state index in [9.17, 15) is 0 Å². The van der Waals surface area contributed by atoms with Gasteiger partial charge in [-0.1, -0.05) is 41.6 Å². The second-order valence-corrected chi connectivity index (χ2v) is 7.63. The number of thioether (sulfide) groups is 1. The lowest BCUT2D eigenvalue weighted by molar-refractivity contribution is 0.833. The van der Waals surface area contributed by atoms with Crippen LogP contribution in [0.25, 0.3) is 0 Å². The van der Waals surface area contributed by atoms with E-state index in [1.54, 1.807) is 22.8 Å². The van der Waals surface area contributed by atoms with Gasteiger partial charge < -0.3 is 5.32 Å². The van der Waals surface area contributed by atoms with Crippen molar-refractivity contribution in [1.82, 2.24) is 14.9 Å². The first-order valence-electron chi connectivity index (χ1n) is 7.93. The lowest BCUT2D eigenvalue weighted by Crippen LogP contribution is -2.27. The highest BCUT2D eigenvalue weighted by Crippen LogP contribution is 2.21. The molecule has 0 bridgehead atoms. The van der Waals surface area contributed by atoms with Crippen LogP contribution in [-0.4, -0.2) is 20.0 Å². The first kappa shape index (κ1) is 18.7. The molecule has 0 spiro atoms. The predicted molar refractivity (Wildman–Crippen MR) is 113 cm³/mol. The molecular weight excluding hydrogens is 386 g/mol. The average molecular weight is 404 g/mol. The summed E-state index contributed by atoms with van der Waals surface area (Å²) in [6, 6.07) is 14.0. The van der Waals surface area contributed by atoms with Gasteiger partial charge in [0.15, 0.2) is 5.11 Å². The highest BCUT2D eigenvalue weighted by Gasteiger charge is 2.08. The van der Waals surface area contributed by atoms with Gasteiger partial charge in [-0.05, 0) is 67.0 Å². The summed E-state index contributed by atoms with van der Waals surface area (Å²) in [6.07, 6.45) is 1.60. The van der Waals surface area contributed by atoms with E-state index >= 15 is 0 Å². The molecule has 0 aliphatic heterocycles. The third-order valence-corrected chi connectivity index (χ3v) is 4.96. The molecule has 8 heteroatoms. The summed E-state index contributed by atoms with van der Waals surface area (Å²) in [4.78, 5) is 0. The zero-order valence-electron chi connectivity index (χ0n) is 14.4. The molecule has 1 heterocycles. The largest absolute Gasteiger partial charge is 0.331 e. The van der Waals surface area contributed by atoms with Gasteiger partial charge in [0.05, 0.1) is 0 Å². The normalized spacial score (nSPS) is 10.6. The Morgan fingerprint density at radius 3 is 2.54 bits per heavy atom. The number of aryl methyl sites for hydroxylation is 2. The number of aromatic nitrogens is 3. The van der Waals surface area contributed by atoms with E-state index in [0.717, 1.165) is 27.2 Å². The highest BCUT2D eigenvalue weighted by atomic mass is 35.5. The maximum atomic E-state index is 5.92. The summed E-state index contributed by atoms with van der Waals surface area (Å²) in [5, 5.41) is 13.2. The topological polar surface area (TPSA) is 54.8 Å². The molecule has 0 amide bonds. The van der Waals surface area contributed by atoms with Crippen molar-refractivity contribution < 1.29 is 0 Å². The van der Waals surface area contributed by atoms with Crippen molar-refractivity contribution in [2.45, 2.75) is 24.8 Å². The second-order valence-electron chi connectivity index (χ2n) is 5.84. The van der Waals surface area contributed by atoms with E-state index in [2.05, 4.69) is 40.9 Å². The van der Waals surface area contributed by atoms with E-state index in [1.807, 2.05) is 36.4 Å². The molecule has 0 radical (unpaired) electrons. The molecule has 3 aromatic rings. The lowest BCUT2D eigenvalue weighted by Gasteiger charge is -2.13. The van der Waals surface area contributed by atoms with E-state index < -0.39 is 0 Å². The highest BCUT2D eigenvalue weighted by molar-refractivity contribution is 7.98. The number of nitrogens with zero attached hydrogens (tertiary/aromatic N) is 3. The van der Waals surface area contributed by atoms with Crippen molar-refractivity contribution in [2.75, 3.05) is 10.7 Å². The maximum absolute atomic E-state index is 5.92. The van der Waals surface area contributed by atoms with Gasteiger partial charge >= 0.3 is 0 Å². The Kier molecular flexibility index (Phi) is 6.13. The predicted octanol–water partition coefficient (Wildman–Crippen LogP) is 4.78. The van der Waals surface area contributed by atoms with E-state index in [0.29, 0.717) is 5.11 Å². The van der Waals surface area contributed by atoms with Crippen LogP contribution in [0.3, 0.4) is 0 Å². The molecule has 2 N–H and O–H groups in total. The molecule has 0 unspecified atom stereocenters. The number of anilines is 1. The number of hydrogen-bond acceptors (Lipinski definition) is 4. The summed E-state index contributed by atoms with van der Waals surface area (Å²) in [5.74, 6) is 0.759. The number of hydrogen-bond donors (Lipinski definition) is 2. The van der Waals surface area contributed by atoms with Crippen molar-refractivity contribution >= 4 is 46.4 Å². The van der Waals surface area contributed by atoms with Crippen molar-refractivity contribution in [2.24, 2.45) is 0 Å². The van der Waals surface area contributed by atoms with Crippen LogP contribution in [0.4, 0.5) is 5.69 Å².